The highest BCUT2D eigenvalue weighted by atomic mass is 16.5. The Hall–Kier alpha value is -1.06. The van der Waals surface area contributed by atoms with Gasteiger partial charge < -0.3 is 14.8 Å². The van der Waals surface area contributed by atoms with Crippen LogP contribution in [0, 0.1) is 0 Å². The fourth-order valence-corrected chi connectivity index (χ4v) is 2.13. The average molecular weight is 191 g/mol. The van der Waals surface area contributed by atoms with E-state index in [1.165, 1.54) is 5.56 Å². The van der Waals surface area contributed by atoms with Gasteiger partial charge in [0, 0.05) is 12.1 Å². The molecule has 2 aliphatic heterocycles. The highest BCUT2D eigenvalue weighted by Crippen LogP contribution is 2.35. The zero-order valence-corrected chi connectivity index (χ0v) is 7.90. The molecule has 0 radical (unpaired) electrons. The Kier molecular flexibility index (Phi) is 1.92. The number of hydrogen-bond donors (Lipinski definition) is 1. The summed E-state index contributed by atoms with van der Waals surface area (Å²) in [5.41, 5.74) is 1.18. The van der Waals surface area contributed by atoms with Gasteiger partial charge >= 0.3 is 0 Å². The van der Waals surface area contributed by atoms with Crippen molar-refractivity contribution in [3.63, 3.8) is 0 Å². The molecule has 1 aromatic rings. The van der Waals surface area contributed by atoms with E-state index in [4.69, 9.17) is 9.47 Å². The van der Waals surface area contributed by atoms with Crippen molar-refractivity contribution in [2.75, 3.05) is 19.8 Å². The van der Waals surface area contributed by atoms with Crippen molar-refractivity contribution in [2.45, 2.75) is 12.1 Å². The minimum atomic E-state index is 0.175. The molecule has 1 saturated heterocycles. The van der Waals surface area contributed by atoms with Crippen molar-refractivity contribution in [2.24, 2.45) is 0 Å². The summed E-state index contributed by atoms with van der Waals surface area (Å²) in [6.45, 7) is 2.42. The topological polar surface area (TPSA) is 30.5 Å². The third kappa shape index (κ3) is 1.21. The van der Waals surface area contributed by atoms with Crippen LogP contribution in [0.25, 0.3) is 0 Å². The third-order valence-electron chi connectivity index (χ3n) is 2.82. The zero-order chi connectivity index (χ0) is 9.38. The predicted octanol–water partition coefficient (Wildman–Crippen LogP) is 1.11. The van der Waals surface area contributed by atoms with Gasteiger partial charge in [0.1, 0.15) is 18.5 Å². The van der Waals surface area contributed by atoms with Gasteiger partial charge in [-0.15, -0.1) is 0 Å². The average Bonchev–Trinajstić information content (AvgIpc) is 2.29. The molecule has 14 heavy (non-hydrogen) atoms. The van der Waals surface area contributed by atoms with Crippen LogP contribution in [0.5, 0.6) is 5.75 Å². The standard InChI is InChI=1S/C11H13NO2/c1-2-4-10-8(3-1)11-9(7-14-10)12-5-6-13-11/h1-4,9,11-12H,5-7H2/t9-,11?/m0/s1. The number of benzene rings is 1. The molecular weight excluding hydrogens is 178 g/mol. The van der Waals surface area contributed by atoms with E-state index >= 15 is 0 Å². The van der Waals surface area contributed by atoms with Crippen LogP contribution in [0.1, 0.15) is 11.7 Å². The van der Waals surface area contributed by atoms with Gasteiger partial charge in [0.2, 0.25) is 0 Å². The Bertz CT molecular complexity index is 340. The van der Waals surface area contributed by atoms with Crippen LogP contribution >= 0.6 is 0 Å². The lowest BCUT2D eigenvalue weighted by molar-refractivity contribution is -0.0307. The lowest BCUT2D eigenvalue weighted by atomic mass is 9.98. The fraction of sp³-hybridized carbons (Fsp3) is 0.455. The van der Waals surface area contributed by atoms with Crippen LogP contribution < -0.4 is 10.1 Å². The van der Waals surface area contributed by atoms with E-state index in [-0.39, 0.29) is 6.10 Å². The molecule has 2 heterocycles. The van der Waals surface area contributed by atoms with Crippen molar-refractivity contribution in [1.82, 2.24) is 5.32 Å². The molecule has 0 saturated carbocycles. The van der Waals surface area contributed by atoms with Crippen LogP contribution in [0.15, 0.2) is 24.3 Å². The number of para-hydroxylation sites is 1. The van der Waals surface area contributed by atoms with Crippen LogP contribution in [-0.4, -0.2) is 25.8 Å². The molecule has 3 heteroatoms. The minimum Gasteiger partial charge on any atom is -0.491 e. The Morgan fingerprint density at radius 1 is 1.29 bits per heavy atom. The molecule has 0 spiro atoms. The number of fused-ring (bicyclic) bond motifs is 3. The SMILES string of the molecule is c1ccc2c(c1)OC[C@@H]1NCCOC21. The molecule has 74 valence electrons. The van der Waals surface area contributed by atoms with Crippen LogP contribution in [0.2, 0.25) is 0 Å². The van der Waals surface area contributed by atoms with Crippen molar-refractivity contribution in [3.05, 3.63) is 29.8 Å². The number of hydrogen-bond acceptors (Lipinski definition) is 3. The highest BCUT2D eigenvalue weighted by molar-refractivity contribution is 5.38. The first-order chi connectivity index (χ1) is 6.95. The number of nitrogens with one attached hydrogen (secondary N) is 1. The molecule has 3 nitrogen and oxygen atoms in total. The maximum Gasteiger partial charge on any atom is 0.125 e. The number of morpholine rings is 1. The van der Waals surface area contributed by atoms with E-state index in [2.05, 4.69) is 11.4 Å². The molecule has 2 atom stereocenters. The van der Waals surface area contributed by atoms with E-state index in [1.54, 1.807) is 0 Å². The smallest absolute Gasteiger partial charge is 0.125 e. The van der Waals surface area contributed by atoms with Gasteiger partial charge in [0.15, 0.2) is 0 Å². The Balaban J connectivity index is 1.99. The Morgan fingerprint density at radius 2 is 2.21 bits per heavy atom. The lowest BCUT2D eigenvalue weighted by Crippen LogP contribution is -2.48. The largest absolute Gasteiger partial charge is 0.491 e. The first-order valence-electron chi connectivity index (χ1n) is 5.02. The molecule has 1 unspecified atom stereocenters. The first kappa shape index (κ1) is 8.26. The predicted molar refractivity (Wildman–Crippen MR) is 52.4 cm³/mol. The van der Waals surface area contributed by atoms with Crippen molar-refractivity contribution in [1.29, 1.82) is 0 Å². The van der Waals surface area contributed by atoms with E-state index < -0.39 is 0 Å². The second-order valence-corrected chi connectivity index (χ2v) is 3.70. The van der Waals surface area contributed by atoms with Crippen LogP contribution in [0.3, 0.4) is 0 Å². The lowest BCUT2D eigenvalue weighted by Gasteiger charge is -2.37. The van der Waals surface area contributed by atoms with Crippen molar-refractivity contribution in [3.8, 4) is 5.75 Å². The van der Waals surface area contributed by atoms with Gasteiger partial charge in [-0.3, -0.25) is 0 Å². The van der Waals surface area contributed by atoms with E-state index in [1.807, 2.05) is 18.2 Å². The van der Waals surface area contributed by atoms with Gasteiger partial charge in [0.05, 0.1) is 12.6 Å². The summed E-state index contributed by atoms with van der Waals surface area (Å²) >= 11 is 0. The molecular formula is C11H13NO2. The number of ether oxygens (including phenoxy) is 2. The van der Waals surface area contributed by atoms with Gasteiger partial charge in [-0.2, -0.15) is 0 Å². The molecule has 1 N–H and O–H groups in total. The van der Waals surface area contributed by atoms with Gasteiger partial charge in [0.25, 0.3) is 0 Å². The third-order valence-corrected chi connectivity index (χ3v) is 2.82. The second-order valence-electron chi connectivity index (χ2n) is 3.70. The maximum atomic E-state index is 5.77. The number of rotatable bonds is 0. The minimum absolute atomic E-state index is 0.175. The first-order valence-corrected chi connectivity index (χ1v) is 5.02. The molecule has 1 aromatic carbocycles. The zero-order valence-electron chi connectivity index (χ0n) is 7.90. The second kappa shape index (κ2) is 3.26. The Labute approximate surface area is 83.0 Å². The summed E-state index contributed by atoms with van der Waals surface area (Å²) in [5, 5.41) is 3.41. The van der Waals surface area contributed by atoms with E-state index in [0.29, 0.717) is 12.6 Å². The summed E-state index contributed by atoms with van der Waals surface area (Å²) in [5.74, 6) is 0.970. The van der Waals surface area contributed by atoms with Gasteiger partial charge in [-0.25, -0.2) is 0 Å². The molecule has 3 rings (SSSR count). The molecule has 0 aromatic heterocycles. The molecule has 0 bridgehead atoms. The molecule has 0 aliphatic carbocycles. The fourth-order valence-electron chi connectivity index (χ4n) is 2.13. The van der Waals surface area contributed by atoms with Crippen LogP contribution in [0.4, 0.5) is 0 Å². The summed E-state index contributed by atoms with van der Waals surface area (Å²) in [4.78, 5) is 0. The summed E-state index contributed by atoms with van der Waals surface area (Å²) in [7, 11) is 0. The molecule has 1 fully saturated rings. The van der Waals surface area contributed by atoms with Crippen LogP contribution in [-0.2, 0) is 4.74 Å². The molecule has 2 aliphatic rings. The van der Waals surface area contributed by atoms with E-state index in [0.717, 1.165) is 18.9 Å². The maximum absolute atomic E-state index is 5.77. The summed E-state index contributed by atoms with van der Waals surface area (Å²) in [6, 6.07) is 8.43. The van der Waals surface area contributed by atoms with Gasteiger partial charge in [-0.1, -0.05) is 18.2 Å². The summed E-state index contributed by atoms with van der Waals surface area (Å²) < 4.78 is 11.4. The summed E-state index contributed by atoms with van der Waals surface area (Å²) in [6.07, 6.45) is 0.175. The molecule has 0 amide bonds. The highest BCUT2D eigenvalue weighted by Gasteiger charge is 2.33. The van der Waals surface area contributed by atoms with E-state index in [9.17, 15) is 0 Å². The normalized spacial score (nSPS) is 30.0. The Morgan fingerprint density at radius 3 is 3.21 bits per heavy atom. The van der Waals surface area contributed by atoms with Crippen molar-refractivity contribution < 1.29 is 9.47 Å². The monoisotopic (exact) mass is 191 g/mol. The quantitative estimate of drug-likeness (QED) is 0.666. The van der Waals surface area contributed by atoms with Gasteiger partial charge in [-0.05, 0) is 6.07 Å². The van der Waals surface area contributed by atoms with Crippen molar-refractivity contribution >= 4 is 0 Å².